The Hall–Kier alpha value is -5.06. The predicted octanol–water partition coefficient (Wildman–Crippen LogP) is 15.1. The van der Waals surface area contributed by atoms with Gasteiger partial charge in [0.15, 0.2) is 6.10 Å². The second-order valence-electron chi connectivity index (χ2n) is 36.9. The fraction of sp³-hybridized carbons (Fsp3) is 0.887. The highest BCUT2D eigenvalue weighted by molar-refractivity contribution is 7.87. The summed E-state index contributed by atoms with van der Waals surface area (Å²) in [7, 11) is -3.43. The molecular formula is C80H130O22S. The SMILES string of the molecule is CCC(C)(C)C(=O)OC1(C(C)(C)C)CCCC1.CCC(C)(C)C(=O)OC1(C(C)C)CCCC1.CCC(C)(C)C(=O)OC1C2CC3C(=O)OC1C3C2.CCC(C)(C)C(=O)OC1C2CC3C(=O)OC1C3C2.CCC(C)(C)C(=O)OC1C2CC3C1OS(=O)(=O)C3C2.CCC(C)(C)C(=O)OCC1COC(=O)O1. The minimum Gasteiger partial charge on any atom is -0.461 e. The number of esters is 8. The number of ether oxygens (including phenoxy) is 10. The Labute approximate surface area is 615 Å². The van der Waals surface area contributed by atoms with Gasteiger partial charge in [-0.2, -0.15) is 8.42 Å². The molecule has 8 aliphatic carbocycles. The Morgan fingerprint density at radius 2 is 0.816 bits per heavy atom. The molecule has 8 saturated carbocycles. The van der Waals surface area contributed by atoms with Gasteiger partial charge in [-0.05, 0) is 217 Å². The molecule has 6 bridgehead atoms. The maximum absolute atomic E-state index is 12.3. The van der Waals surface area contributed by atoms with Crippen molar-refractivity contribution in [2.75, 3.05) is 13.2 Å². The van der Waals surface area contributed by atoms with Crippen molar-refractivity contribution in [2.24, 2.45) is 91.2 Å². The third kappa shape index (κ3) is 18.6. The molecular weight excluding hydrogens is 1340 g/mol. The lowest BCUT2D eigenvalue weighted by Crippen LogP contribution is -2.47. The molecule has 0 N–H and O–H groups in total. The molecule has 12 aliphatic rings. The fourth-order valence-corrected chi connectivity index (χ4v) is 17.9. The summed E-state index contributed by atoms with van der Waals surface area (Å²) in [4.78, 5) is 106. The highest BCUT2D eigenvalue weighted by Crippen LogP contribution is 2.59. The average molecular weight is 1480 g/mol. The van der Waals surface area contributed by atoms with Crippen LogP contribution in [0.1, 0.15) is 288 Å². The molecule has 0 radical (unpaired) electrons. The molecule has 23 heteroatoms. The van der Waals surface area contributed by atoms with Crippen LogP contribution in [0, 0.1) is 91.2 Å². The van der Waals surface area contributed by atoms with Crippen LogP contribution in [0.2, 0.25) is 0 Å². The van der Waals surface area contributed by atoms with Crippen molar-refractivity contribution in [3.8, 4) is 0 Å². The second-order valence-corrected chi connectivity index (χ2v) is 38.7. The van der Waals surface area contributed by atoms with Crippen LogP contribution in [-0.4, -0.2) is 135 Å². The number of fused-ring (bicyclic) bond motifs is 3. The van der Waals surface area contributed by atoms with E-state index in [1.54, 1.807) is 0 Å². The van der Waals surface area contributed by atoms with Crippen molar-refractivity contribution in [3.63, 3.8) is 0 Å². The average Bonchev–Trinajstić information content (AvgIpc) is 1.57. The van der Waals surface area contributed by atoms with Gasteiger partial charge in [-0.15, -0.1) is 0 Å². The summed E-state index contributed by atoms with van der Waals surface area (Å²) in [6.07, 6.45) is 15.7. The van der Waals surface area contributed by atoms with Gasteiger partial charge >= 0.3 is 53.9 Å². The number of rotatable bonds is 20. The summed E-state index contributed by atoms with van der Waals surface area (Å²) in [5.41, 5.74) is -3.02. The van der Waals surface area contributed by atoms with Crippen LogP contribution in [0.3, 0.4) is 0 Å². The molecule has 16 unspecified atom stereocenters. The molecule has 12 rings (SSSR count). The predicted molar refractivity (Wildman–Crippen MR) is 383 cm³/mol. The standard InChI is InChI=1S/C15H28O2.2C14H20O4.C14H26O2.C13H20O5S.C10H16O5/c1-7-14(5,6)12(16)17-15(13(2,3)4)10-8-9-11-15;2*1-4-14(2,3)13(16)18-10-7-5-8-9(6-7)12(15)17-11(8)10;1-6-13(4,5)12(15)16-14(11(2)3)9-7-8-10-14;1-4-13(2,3)12(14)17-10-7-5-8-9(6-7)19(15,16)18-11(8)10;1-4-10(2,3)8(11)13-5-7-6-14-9(12)15-7/h7-11H2,1-6H3;2*7-11H,4-6H2,1-3H3;11H,6-10H2,1-5H3;7-11H,4-6H2,1-3H3;7H,4-6H2,1-3H3. The lowest BCUT2D eigenvalue weighted by molar-refractivity contribution is -0.183. The summed E-state index contributed by atoms with van der Waals surface area (Å²) in [5, 5.41) is -0.364. The first-order valence-corrected chi connectivity index (χ1v) is 40.5. The van der Waals surface area contributed by atoms with Crippen LogP contribution in [-0.2, 0) is 100 Å². The van der Waals surface area contributed by atoms with Gasteiger partial charge in [0.2, 0.25) is 0 Å². The van der Waals surface area contributed by atoms with Gasteiger partial charge in [0.05, 0.1) is 49.6 Å². The molecule has 12 fully saturated rings. The van der Waals surface area contributed by atoms with Crippen molar-refractivity contribution in [3.05, 3.63) is 0 Å². The largest absolute Gasteiger partial charge is 0.508 e. The van der Waals surface area contributed by atoms with Crippen LogP contribution >= 0.6 is 0 Å². The van der Waals surface area contributed by atoms with Crippen molar-refractivity contribution in [2.45, 2.75) is 347 Å². The van der Waals surface area contributed by atoms with Crippen LogP contribution in [0.15, 0.2) is 0 Å². The fourth-order valence-electron chi connectivity index (χ4n) is 16.1. The highest BCUT2D eigenvalue weighted by Gasteiger charge is 2.67. The quantitative estimate of drug-likeness (QED) is 0.0621. The number of hydrogen-bond acceptors (Lipinski definition) is 22. The number of carbonyl (C=O) groups excluding carboxylic acids is 9. The molecule has 4 saturated heterocycles. The molecule has 0 aromatic heterocycles. The zero-order chi connectivity index (χ0) is 77.3. The lowest BCUT2D eigenvalue weighted by Gasteiger charge is -2.42. The minimum atomic E-state index is -3.43. The van der Waals surface area contributed by atoms with Gasteiger partial charge in [-0.25, -0.2) is 4.79 Å². The Kier molecular flexibility index (Phi) is 26.8. The van der Waals surface area contributed by atoms with Crippen LogP contribution in [0.25, 0.3) is 0 Å². The van der Waals surface area contributed by atoms with E-state index in [1.165, 1.54) is 25.7 Å². The molecule has 4 aliphatic heterocycles. The van der Waals surface area contributed by atoms with Crippen molar-refractivity contribution in [1.82, 2.24) is 0 Å². The summed E-state index contributed by atoms with van der Waals surface area (Å²) in [6, 6.07) is 0. The zero-order valence-corrected chi connectivity index (χ0v) is 67.6. The molecule has 0 aromatic carbocycles. The summed E-state index contributed by atoms with van der Waals surface area (Å²) < 4.78 is 82.6. The first-order valence-electron chi connectivity index (χ1n) is 39.0. The molecule has 4 heterocycles. The van der Waals surface area contributed by atoms with Gasteiger partial charge in [-0.1, -0.05) is 76.2 Å². The van der Waals surface area contributed by atoms with Crippen LogP contribution in [0.4, 0.5) is 4.79 Å². The van der Waals surface area contributed by atoms with Gasteiger partial charge < -0.3 is 47.4 Å². The number of carbonyl (C=O) groups is 9. The van der Waals surface area contributed by atoms with Crippen molar-refractivity contribution in [1.29, 1.82) is 0 Å². The lowest BCUT2D eigenvalue weighted by atomic mass is 9.74. The number of cyclic esters (lactones) is 2. The third-order valence-electron chi connectivity index (χ3n) is 26.5. The van der Waals surface area contributed by atoms with E-state index in [2.05, 4.69) is 39.4 Å². The summed E-state index contributed by atoms with van der Waals surface area (Å²) in [5.74, 6) is 0.913. The Bertz CT molecular complexity index is 3080. The van der Waals surface area contributed by atoms with E-state index in [9.17, 15) is 51.6 Å². The Morgan fingerprint density at radius 1 is 0.456 bits per heavy atom. The van der Waals surface area contributed by atoms with Gasteiger partial charge in [0.1, 0.15) is 61.0 Å². The molecule has 22 nitrogen and oxygen atoms in total. The topological polar surface area (TPSA) is 289 Å². The third-order valence-corrected chi connectivity index (χ3v) is 28.3. The Morgan fingerprint density at radius 3 is 1.19 bits per heavy atom. The van der Waals surface area contributed by atoms with Gasteiger partial charge in [-0.3, -0.25) is 42.5 Å². The van der Waals surface area contributed by atoms with Crippen molar-refractivity contribution >= 4 is 64.0 Å². The molecule has 103 heavy (non-hydrogen) atoms. The minimum absolute atomic E-state index is 0.0226. The summed E-state index contributed by atoms with van der Waals surface area (Å²) in [6.45, 7) is 45.8. The van der Waals surface area contributed by atoms with E-state index in [0.717, 1.165) is 83.5 Å². The maximum Gasteiger partial charge on any atom is 0.508 e. The first-order chi connectivity index (χ1) is 47.6. The van der Waals surface area contributed by atoms with Crippen LogP contribution in [0.5, 0.6) is 0 Å². The van der Waals surface area contributed by atoms with E-state index < -0.39 is 50.1 Å². The van der Waals surface area contributed by atoms with E-state index in [1.807, 2.05) is 125 Å². The molecule has 0 amide bonds. The van der Waals surface area contributed by atoms with E-state index >= 15 is 0 Å². The second kappa shape index (κ2) is 32.4. The molecule has 588 valence electrons. The van der Waals surface area contributed by atoms with Crippen LogP contribution < -0.4 is 0 Å². The highest BCUT2D eigenvalue weighted by atomic mass is 32.2. The molecule has 16 atom stereocenters. The zero-order valence-electron chi connectivity index (χ0n) is 66.8. The first kappa shape index (κ1) is 85.2. The summed E-state index contributed by atoms with van der Waals surface area (Å²) >= 11 is 0. The molecule has 0 aromatic rings. The molecule has 0 spiro atoms. The smallest absolute Gasteiger partial charge is 0.461 e. The Balaban J connectivity index is 0.000000173. The van der Waals surface area contributed by atoms with E-state index in [0.29, 0.717) is 48.9 Å². The normalized spacial score (nSPS) is 31.7. The number of hydrogen-bond donors (Lipinski definition) is 0. The van der Waals surface area contributed by atoms with E-state index in [-0.39, 0.29) is 148 Å². The monoisotopic (exact) mass is 1470 g/mol. The van der Waals surface area contributed by atoms with Crippen molar-refractivity contribution < 1.29 is 103 Å². The van der Waals surface area contributed by atoms with Gasteiger partial charge in [0.25, 0.3) is 10.1 Å². The van der Waals surface area contributed by atoms with E-state index in [4.69, 9.17) is 46.8 Å². The van der Waals surface area contributed by atoms with Gasteiger partial charge in [0, 0.05) is 40.9 Å². The maximum atomic E-state index is 12.3.